The summed E-state index contributed by atoms with van der Waals surface area (Å²) in [6, 6.07) is 5.41. The van der Waals surface area contributed by atoms with Gasteiger partial charge >= 0.3 is 0 Å². The lowest BCUT2D eigenvalue weighted by molar-refractivity contribution is -0.131. The first-order chi connectivity index (χ1) is 9.88. The van der Waals surface area contributed by atoms with Gasteiger partial charge in [-0.05, 0) is 36.5 Å². The van der Waals surface area contributed by atoms with Crippen molar-refractivity contribution in [2.45, 2.75) is 27.2 Å². The molecule has 5 heteroatoms. The molecule has 1 aromatic rings. The van der Waals surface area contributed by atoms with Crippen molar-refractivity contribution < 1.29 is 9.59 Å². The van der Waals surface area contributed by atoms with E-state index in [1.54, 1.807) is 17.0 Å². The van der Waals surface area contributed by atoms with Gasteiger partial charge in [0.2, 0.25) is 11.8 Å². The van der Waals surface area contributed by atoms with E-state index in [1.807, 2.05) is 13.0 Å². The summed E-state index contributed by atoms with van der Waals surface area (Å²) in [5.74, 6) is 0.687. The van der Waals surface area contributed by atoms with Crippen LogP contribution in [0, 0.1) is 18.8 Å². The Kier molecular flexibility index (Phi) is 4.50. The van der Waals surface area contributed by atoms with Gasteiger partial charge in [-0.1, -0.05) is 19.9 Å². The van der Waals surface area contributed by atoms with E-state index in [-0.39, 0.29) is 18.4 Å². The number of hydrogen-bond acceptors (Lipinski definition) is 3. The van der Waals surface area contributed by atoms with E-state index in [1.165, 1.54) is 0 Å². The fourth-order valence-corrected chi connectivity index (χ4v) is 2.55. The molecule has 0 aromatic heterocycles. The largest absolute Gasteiger partial charge is 0.398 e. The third kappa shape index (κ3) is 3.54. The molecule has 0 spiro atoms. The van der Waals surface area contributed by atoms with Crippen molar-refractivity contribution in [2.24, 2.45) is 11.8 Å². The van der Waals surface area contributed by atoms with E-state index in [0.29, 0.717) is 36.2 Å². The van der Waals surface area contributed by atoms with Crippen LogP contribution in [0.4, 0.5) is 11.4 Å². The van der Waals surface area contributed by atoms with Gasteiger partial charge in [0.05, 0.1) is 6.54 Å². The number of likely N-dealkylation sites (tertiary alicyclic amines) is 1. The molecule has 0 saturated carbocycles. The number of amides is 2. The fraction of sp³-hybridized carbons (Fsp3) is 0.500. The minimum absolute atomic E-state index is 0.0631. The minimum atomic E-state index is -0.179. The summed E-state index contributed by atoms with van der Waals surface area (Å²) >= 11 is 0. The summed E-state index contributed by atoms with van der Waals surface area (Å²) in [6.07, 6.45) is 0.544. The molecular weight excluding hydrogens is 266 g/mol. The van der Waals surface area contributed by atoms with Gasteiger partial charge in [-0.2, -0.15) is 0 Å². The second-order valence-corrected chi connectivity index (χ2v) is 6.05. The standard InChI is InChI=1S/C16H23N3O2/c1-10(2)12-7-16(21)19(8-12)9-15(20)18-14-6-4-5-13(17)11(14)3/h4-6,10,12H,7-9,17H2,1-3H3,(H,18,20). The molecule has 0 bridgehead atoms. The third-order valence-electron chi connectivity index (χ3n) is 4.17. The van der Waals surface area contributed by atoms with Crippen LogP contribution >= 0.6 is 0 Å². The van der Waals surface area contributed by atoms with Crippen LogP contribution in [0.15, 0.2) is 18.2 Å². The quantitative estimate of drug-likeness (QED) is 0.833. The molecule has 1 saturated heterocycles. The number of rotatable bonds is 4. The van der Waals surface area contributed by atoms with Crippen LogP contribution < -0.4 is 11.1 Å². The molecular formula is C16H23N3O2. The van der Waals surface area contributed by atoms with Gasteiger partial charge in [0.1, 0.15) is 0 Å². The zero-order valence-electron chi connectivity index (χ0n) is 12.8. The van der Waals surface area contributed by atoms with Crippen LogP contribution in [0.5, 0.6) is 0 Å². The Hall–Kier alpha value is -2.04. The molecule has 1 fully saturated rings. The lowest BCUT2D eigenvalue weighted by Crippen LogP contribution is -2.34. The van der Waals surface area contributed by atoms with E-state index >= 15 is 0 Å². The van der Waals surface area contributed by atoms with E-state index < -0.39 is 0 Å². The first-order valence-electron chi connectivity index (χ1n) is 7.31. The van der Waals surface area contributed by atoms with Crippen molar-refractivity contribution in [3.05, 3.63) is 23.8 Å². The zero-order chi connectivity index (χ0) is 15.6. The highest BCUT2D eigenvalue weighted by Gasteiger charge is 2.32. The summed E-state index contributed by atoms with van der Waals surface area (Å²) in [6.45, 7) is 6.85. The molecule has 1 aliphatic rings. The smallest absolute Gasteiger partial charge is 0.244 e. The van der Waals surface area contributed by atoms with Gasteiger partial charge in [0, 0.05) is 24.3 Å². The molecule has 114 valence electrons. The number of carbonyl (C=O) groups is 2. The summed E-state index contributed by atoms with van der Waals surface area (Å²) < 4.78 is 0. The van der Waals surface area contributed by atoms with Gasteiger partial charge in [-0.15, -0.1) is 0 Å². The van der Waals surface area contributed by atoms with Gasteiger partial charge in [-0.3, -0.25) is 9.59 Å². The fourth-order valence-electron chi connectivity index (χ4n) is 2.55. The van der Waals surface area contributed by atoms with Crippen molar-refractivity contribution in [1.82, 2.24) is 4.90 Å². The van der Waals surface area contributed by atoms with E-state index in [4.69, 9.17) is 5.73 Å². The summed E-state index contributed by atoms with van der Waals surface area (Å²) in [5, 5.41) is 2.83. The molecule has 1 unspecified atom stereocenters. The van der Waals surface area contributed by atoms with Crippen molar-refractivity contribution >= 4 is 23.2 Å². The molecule has 21 heavy (non-hydrogen) atoms. The van der Waals surface area contributed by atoms with Crippen LogP contribution in [-0.4, -0.2) is 29.8 Å². The van der Waals surface area contributed by atoms with Crippen LogP contribution in [0.25, 0.3) is 0 Å². The Morgan fingerprint density at radius 2 is 2.19 bits per heavy atom. The number of nitrogens with one attached hydrogen (secondary N) is 1. The first kappa shape index (κ1) is 15.4. The van der Waals surface area contributed by atoms with E-state index in [0.717, 1.165) is 5.56 Å². The van der Waals surface area contributed by atoms with Gasteiger partial charge < -0.3 is 16.0 Å². The second-order valence-electron chi connectivity index (χ2n) is 6.05. The van der Waals surface area contributed by atoms with Crippen LogP contribution in [0.3, 0.4) is 0 Å². The van der Waals surface area contributed by atoms with Crippen molar-refractivity contribution in [1.29, 1.82) is 0 Å². The summed E-state index contributed by atoms with van der Waals surface area (Å²) in [4.78, 5) is 25.7. The summed E-state index contributed by atoms with van der Waals surface area (Å²) in [5.41, 5.74) is 8.01. The predicted octanol–water partition coefficient (Wildman–Crippen LogP) is 2.02. The van der Waals surface area contributed by atoms with Gasteiger partial charge in [0.25, 0.3) is 0 Å². The highest BCUT2D eigenvalue weighted by molar-refractivity contribution is 5.96. The maximum absolute atomic E-state index is 12.1. The number of anilines is 2. The molecule has 1 heterocycles. The normalized spacial score (nSPS) is 18.4. The van der Waals surface area contributed by atoms with Crippen molar-refractivity contribution in [3.63, 3.8) is 0 Å². The Morgan fingerprint density at radius 3 is 2.81 bits per heavy atom. The molecule has 0 radical (unpaired) electrons. The number of hydrogen-bond donors (Lipinski definition) is 2. The molecule has 0 aliphatic carbocycles. The zero-order valence-corrected chi connectivity index (χ0v) is 12.8. The minimum Gasteiger partial charge on any atom is -0.398 e. The molecule has 2 rings (SSSR count). The van der Waals surface area contributed by atoms with E-state index in [9.17, 15) is 9.59 Å². The topological polar surface area (TPSA) is 75.4 Å². The lowest BCUT2D eigenvalue weighted by Gasteiger charge is -2.18. The molecule has 2 amide bonds. The predicted molar refractivity (Wildman–Crippen MR) is 83.7 cm³/mol. The maximum atomic E-state index is 12.1. The molecule has 3 N–H and O–H groups in total. The van der Waals surface area contributed by atoms with Crippen LogP contribution in [0.2, 0.25) is 0 Å². The van der Waals surface area contributed by atoms with Gasteiger partial charge in [0.15, 0.2) is 0 Å². The van der Waals surface area contributed by atoms with E-state index in [2.05, 4.69) is 19.2 Å². The Bertz CT molecular complexity index is 554. The van der Waals surface area contributed by atoms with Crippen LogP contribution in [0.1, 0.15) is 25.8 Å². The molecule has 5 nitrogen and oxygen atoms in total. The van der Waals surface area contributed by atoms with Crippen molar-refractivity contribution in [2.75, 3.05) is 24.1 Å². The summed E-state index contributed by atoms with van der Waals surface area (Å²) in [7, 11) is 0. The average molecular weight is 289 g/mol. The maximum Gasteiger partial charge on any atom is 0.244 e. The van der Waals surface area contributed by atoms with Crippen molar-refractivity contribution in [3.8, 4) is 0 Å². The second kappa shape index (κ2) is 6.16. The molecule has 1 aromatic carbocycles. The SMILES string of the molecule is Cc1c(N)cccc1NC(=O)CN1CC(C(C)C)CC1=O. The monoisotopic (exact) mass is 289 g/mol. The number of nitrogens with zero attached hydrogens (tertiary/aromatic N) is 1. The van der Waals surface area contributed by atoms with Gasteiger partial charge in [-0.25, -0.2) is 0 Å². The average Bonchev–Trinajstić information content (AvgIpc) is 2.77. The Balaban J connectivity index is 1.96. The highest BCUT2D eigenvalue weighted by atomic mass is 16.2. The number of nitrogens with two attached hydrogens (primary N) is 1. The molecule has 1 atom stereocenters. The Morgan fingerprint density at radius 1 is 1.48 bits per heavy atom. The Labute approximate surface area is 125 Å². The number of benzene rings is 1. The lowest BCUT2D eigenvalue weighted by atomic mass is 9.95. The third-order valence-corrected chi connectivity index (χ3v) is 4.17. The highest BCUT2D eigenvalue weighted by Crippen LogP contribution is 2.25. The van der Waals surface area contributed by atoms with Crippen LogP contribution in [-0.2, 0) is 9.59 Å². The number of nitrogen functional groups attached to an aromatic ring is 1. The molecule has 1 aliphatic heterocycles. The number of carbonyl (C=O) groups excluding carboxylic acids is 2. The first-order valence-corrected chi connectivity index (χ1v) is 7.31.